The minimum absolute atomic E-state index is 0.137. The van der Waals surface area contributed by atoms with Crippen LogP contribution in [0.3, 0.4) is 0 Å². The number of anilines is 1. The van der Waals surface area contributed by atoms with Gasteiger partial charge in [0, 0.05) is 12.2 Å². The fourth-order valence-corrected chi connectivity index (χ4v) is 2.77. The van der Waals surface area contributed by atoms with Crippen molar-refractivity contribution >= 4 is 11.8 Å². The van der Waals surface area contributed by atoms with Crippen molar-refractivity contribution in [3.05, 3.63) is 29.3 Å². The highest BCUT2D eigenvalue weighted by atomic mass is 16.4. The third-order valence-electron chi connectivity index (χ3n) is 3.46. The third-order valence-corrected chi connectivity index (χ3v) is 3.46. The molecule has 0 bridgehead atoms. The molecule has 0 radical (unpaired) electrons. The van der Waals surface area contributed by atoms with E-state index in [0.717, 1.165) is 12.0 Å². The van der Waals surface area contributed by atoms with Gasteiger partial charge in [-0.25, -0.2) is 4.79 Å². The van der Waals surface area contributed by atoms with Crippen LogP contribution in [0.4, 0.5) is 10.5 Å². The largest absolute Gasteiger partial charge is 0.465 e. The molecule has 1 heterocycles. The molecule has 1 aliphatic heterocycles. The molecule has 4 heteroatoms. The molecule has 4 nitrogen and oxygen atoms in total. The van der Waals surface area contributed by atoms with Crippen LogP contribution in [-0.4, -0.2) is 22.6 Å². The molecule has 0 fully saturated rings. The Hall–Kier alpha value is -1.71. The van der Waals surface area contributed by atoms with E-state index in [9.17, 15) is 9.90 Å². The first kappa shape index (κ1) is 12.7. The Kier molecular flexibility index (Phi) is 2.97. The molecule has 1 aromatic carbocycles. The number of nitrogen functional groups attached to an aromatic ring is 1. The van der Waals surface area contributed by atoms with Gasteiger partial charge in [0.05, 0.1) is 6.04 Å². The molecule has 0 aliphatic carbocycles. The Labute approximate surface area is 107 Å². The average molecular weight is 248 g/mol. The van der Waals surface area contributed by atoms with Crippen LogP contribution < -0.4 is 5.73 Å². The molecule has 0 saturated carbocycles. The Balaban J connectivity index is 2.55. The lowest BCUT2D eigenvalue weighted by Crippen LogP contribution is -2.44. The molecule has 1 aliphatic rings. The van der Waals surface area contributed by atoms with Crippen LogP contribution in [-0.2, 0) is 6.42 Å². The number of benzene rings is 1. The van der Waals surface area contributed by atoms with E-state index in [-0.39, 0.29) is 11.5 Å². The lowest BCUT2D eigenvalue weighted by atomic mass is 9.77. The molecule has 1 aromatic rings. The monoisotopic (exact) mass is 248 g/mol. The van der Waals surface area contributed by atoms with Gasteiger partial charge in [0.15, 0.2) is 0 Å². The topological polar surface area (TPSA) is 66.6 Å². The fourth-order valence-electron chi connectivity index (χ4n) is 2.77. The van der Waals surface area contributed by atoms with E-state index >= 15 is 0 Å². The van der Waals surface area contributed by atoms with Crippen LogP contribution in [0.25, 0.3) is 0 Å². The van der Waals surface area contributed by atoms with Gasteiger partial charge in [0.2, 0.25) is 0 Å². The number of amides is 1. The number of hydrogen-bond acceptors (Lipinski definition) is 2. The number of carbonyl (C=O) groups is 1. The van der Waals surface area contributed by atoms with Crippen LogP contribution in [0.5, 0.6) is 0 Å². The van der Waals surface area contributed by atoms with Gasteiger partial charge in [-0.3, -0.25) is 0 Å². The summed E-state index contributed by atoms with van der Waals surface area (Å²) in [6.07, 6.45) is -0.0999. The van der Waals surface area contributed by atoms with Crippen LogP contribution in [0, 0.1) is 5.41 Å². The first-order valence-electron chi connectivity index (χ1n) is 6.18. The normalized spacial score (nSPS) is 19.5. The average Bonchev–Trinajstić information content (AvgIpc) is 2.25. The molecule has 18 heavy (non-hydrogen) atoms. The minimum Gasteiger partial charge on any atom is -0.465 e. The summed E-state index contributed by atoms with van der Waals surface area (Å²) in [7, 11) is 0. The summed E-state index contributed by atoms with van der Waals surface area (Å²) >= 11 is 0. The fraction of sp³-hybridized carbons (Fsp3) is 0.500. The Morgan fingerprint density at radius 2 is 2.11 bits per heavy atom. The summed E-state index contributed by atoms with van der Waals surface area (Å²) in [5.74, 6) is 0. The number of hydrogen-bond donors (Lipinski definition) is 2. The maximum Gasteiger partial charge on any atom is 0.407 e. The van der Waals surface area contributed by atoms with Gasteiger partial charge in [-0.15, -0.1) is 0 Å². The Morgan fingerprint density at radius 3 is 2.67 bits per heavy atom. The molecule has 3 N–H and O–H groups in total. The summed E-state index contributed by atoms with van der Waals surface area (Å²) < 4.78 is 0. The highest BCUT2D eigenvalue weighted by Gasteiger charge is 2.38. The van der Waals surface area contributed by atoms with Gasteiger partial charge < -0.3 is 15.7 Å². The second kappa shape index (κ2) is 4.19. The molecule has 1 amide bonds. The van der Waals surface area contributed by atoms with Crippen molar-refractivity contribution < 1.29 is 9.90 Å². The van der Waals surface area contributed by atoms with E-state index in [1.165, 1.54) is 10.5 Å². The summed E-state index contributed by atoms with van der Waals surface area (Å²) in [6.45, 7) is 6.73. The van der Waals surface area contributed by atoms with E-state index in [1.807, 2.05) is 18.2 Å². The van der Waals surface area contributed by atoms with Gasteiger partial charge in [-0.2, -0.15) is 0 Å². The number of fused-ring (bicyclic) bond motifs is 1. The first-order valence-corrected chi connectivity index (χ1v) is 6.18. The lowest BCUT2D eigenvalue weighted by Gasteiger charge is -2.43. The van der Waals surface area contributed by atoms with E-state index in [1.54, 1.807) is 0 Å². The summed E-state index contributed by atoms with van der Waals surface area (Å²) in [5.41, 5.74) is 8.64. The van der Waals surface area contributed by atoms with Gasteiger partial charge in [-0.05, 0) is 35.1 Å². The second-order valence-corrected chi connectivity index (χ2v) is 5.95. The lowest BCUT2D eigenvalue weighted by molar-refractivity contribution is 0.0759. The standard InChI is InChI=1S/C14H20N2O2/c1-14(2,3)12-11-8-10(15)5-4-9(11)6-7-16(12)13(17)18/h4-5,8,12H,6-7,15H2,1-3H3,(H,17,18)/t12-/m0/s1. The van der Waals surface area contributed by atoms with E-state index in [4.69, 9.17) is 5.73 Å². The van der Waals surface area contributed by atoms with Crippen molar-refractivity contribution in [3.8, 4) is 0 Å². The minimum atomic E-state index is -0.858. The van der Waals surface area contributed by atoms with Crippen LogP contribution in [0.1, 0.15) is 37.9 Å². The maximum atomic E-state index is 11.4. The van der Waals surface area contributed by atoms with Gasteiger partial charge in [-0.1, -0.05) is 26.8 Å². The first-order chi connectivity index (χ1) is 8.30. The number of nitrogens with two attached hydrogens (primary N) is 1. The van der Waals surface area contributed by atoms with Crippen molar-refractivity contribution in [2.24, 2.45) is 5.41 Å². The van der Waals surface area contributed by atoms with Crippen LogP contribution in [0.2, 0.25) is 0 Å². The van der Waals surface area contributed by atoms with Crippen LogP contribution >= 0.6 is 0 Å². The third kappa shape index (κ3) is 2.15. The summed E-state index contributed by atoms with van der Waals surface area (Å²) in [4.78, 5) is 12.9. The van der Waals surface area contributed by atoms with E-state index in [2.05, 4.69) is 20.8 Å². The predicted octanol–water partition coefficient (Wildman–Crippen LogP) is 2.89. The predicted molar refractivity (Wildman–Crippen MR) is 71.5 cm³/mol. The molecule has 2 rings (SSSR count). The zero-order valence-corrected chi connectivity index (χ0v) is 11.1. The maximum absolute atomic E-state index is 11.4. The van der Waals surface area contributed by atoms with Crippen molar-refractivity contribution in [2.75, 3.05) is 12.3 Å². The Bertz CT molecular complexity index is 477. The zero-order valence-electron chi connectivity index (χ0n) is 11.1. The molecule has 1 atom stereocenters. The quantitative estimate of drug-likeness (QED) is 0.694. The van der Waals surface area contributed by atoms with Crippen molar-refractivity contribution in [3.63, 3.8) is 0 Å². The molecule has 98 valence electrons. The highest BCUT2D eigenvalue weighted by Crippen LogP contribution is 2.42. The number of nitrogens with zero attached hydrogens (tertiary/aromatic N) is 1. The SMILES string of the molecule is CC(C)(C)[C@@H]1c2cc(N)ccc2CCN1C(=O)O. The van der Waals surface area contributed by atoms with Crippen molar-refractivity contribution in [1.29, 1.82) is 0 Å². The van der Waals surface area contributed by atoms with E-state index in [0.29, 0.717) is 12.2 Å². The summed E-state index contributed by atoms with van der Waals surface area (Å²) in [5, 5.41) is 9.36. The zero-order chi connectivity index (χ0) is 13.5. The molecule has 0 saturated heterocycles. The van der Waals surface area contributed by atoms with Gasteiger partial charge in [0.25, 0.3) is 0 Å². The Morgan fingerprint density at radius 1 is 1.44 bits per heavy atom. The van der Waals surface area contributed by atoms with E-state index < -0.39 is 6.09 Å². The molecular weight excluding hydrogens is 228 g/mol. The molecule has 0 unspecified atom stereocenters. The smallest absolute Gasteiger partial charge is 0.407 e. The number of rotatable bonds is 0. The molecule has 0 aromatic heterocycles. The molecular formula is C14H20N2O2. The van der Waals surface area contributed by atoms with Crippen molar-refractivity contribution in [2.45, 2.75) is 33.2 Å². The van der Waals surface area contributed by atoms with Gasteiger partial charge >= 0.3 is 6.09 Å². The van der Waals surface area contributed by atoms with Crippen molar-refractivity contribution in [1.82, 2.24) is 4.90 Å². The highest BCUT2D eigenvalue weighted by molar-refractivity contribution is 5.67. The molecule has 0 spiro atoms. The summed E-state index contributed by atoms with van der Waals surface area (Å²) in [6, 6.07) is 5.68. The van der Waals surface area contributed by atoms with Gasteiger partial charge in [0.1, 0.15) is 0 Å². The number of carboxylic acid groups (broad SMARTS) is 1. The van der Waals surface area contributed by atoms with Crippen LogP contribution in [0.15, 0.2) is 18.2 Å². The second-order valence-electron chi connectivity index (χ2n) is 5.95.